The van der Waals surface area contributed by atoms with Gasteiger partial charge in [0, 0.05) is 0 Å². The summed E-state index contributed by atoms with van der Waals surface area (Å²) in [4.78, 5) is 14.5. The maximum Gasteiger partial charge on any atom is 1.00 e. The van der Waals surface area contributed by atoms with Crippen molar-refractivity contribution in [1.29, 1.82) is 0 Å². The molecular weight excluding hydrogens is 353 g/mol. The zero-order chi connectivity index (χ0) is 19.6. The zero-order valence-electron chi connectivity index (χ0n) is 17.9. The average molecular weight is 394 g/mol. The number of hydrogen-bond donors (Lipinski definition) is 2. The number of unbranched alkanes of at least 4 members (excludes halogenated alkanes) is 13. The average Bonchev–Trinajstić information content (AvgIpc) is 2.59. The van der Waals surface area contributed by atoms with Crippen LogP contribution in [0, 0.1) is 0 Å². The number of aliphatic carboxylic acids is 1. The van der Waals surface area contributed by atoms with Crippen LogP contribution in [0.4, 0.5) is 0 Å². The molecule has 0 aliphatic carbocycles. The SMILES string of the molecule is CCCCCCCCCCCCCCCCC([O-])=N[C@H](C(=O)O)[C@@H](C)O.[Na+]. The first kappa shape index (κ1) is 29.1. The number of aliphatic hydroxyl groups is 1. The Morgan fingerprint density at radius 1 is 0.852 bits per heavy atom. The Balaban J connectivity index is 0. The second-order valence-electron chi connectivity index (χ2n) is 7.39. The number of aliphatic hydroxyl groups excluding tert-OH is 1. The molecule has 0 aliphatic rings. The summed E-state index contributed by atoms with van der Waals surface area (Å²) in [6.45, 7) is 3.59. The van der Waals surface area contributed by atoms with E-state index in [0.29, 0.717) is 0 Å². The molecule has 0 aromatic carbocycles. The van der Waals surface area contributed by atoms with Gasteiger partial charge in [0.25, 0.3) is 0 Å². The molecule has 5 nitrogen and oxygen atoms in total. The van der Waals surface area contributed by atoms with Crippen LogP contribution in [0.1, 0.15) is 110 Å². The van der Waals surface area contributed by atoms with Crippen molar-refractivity contribution >= 4 is 11.9 Å². The summed E-state index contributed by atoms with van der Waals surface area (Å²) in [5, 5.41) is 29.8. The molecule has 154 valence electrons. The minimum Gasteiger partial charge on any atom is -0.862 e. The molecule has 2 atom stereocenters. The van der Waals surface area contributed by atoms with Gasteiger partial charge in [-0.1, -0.05) is 90.4 Å². The molecule has 0 spiro atoms. The van der Waals surface area contributed by atoms with Crippen LogP contribution in [-0.4, -0.2) is 34.2 Å². The van der Waals surface area contributed by atoms with E-state index >= 15 is 0 Å². The Kier molecular flexibility index (Phi) is 22.2. The van der Waals surface area contributed by atoms with Crippen LogP contribution in [0.5, 0.6) is 0 Å². The molecular formula is C21H40NNaO4. The number of nitrogens with zero attached hydrogens (tertiary/aromatic N) is 1. The standard InChI is InChI=1S/C21H41NO4.Na/c1-3-4-5-6-7-8-9-10-11-12-13-14-15-16-17-19(24)22-20(18(2)23)21(25)26;/h18,20,23H,3-17H2,1-2H3,(H,22,24)(H,25,26);/q;+1/p-1/t18-,20+;/m1./s1. The first-order valence-corrected chi connectivity index (χ1v) is 10.6. The van der Waals surface area contributed by atoms with Gasteiger partial charge in [-0.25, -0.2) is 4.79 Å². The van der Waals surface area contributed by atoms with E-state index in [9.17, 15) is 15.0 Å². The van der Waals surface area contributed by atoms with Gasteiger partial charge >= 0.3 is 35.5 Å². The molecule has 27 heavy (non-hydrogen) atoms. The number of rotatable bonds is 18. The van der Waals surface area contributed by atoms with Gasteiger partial charge < -0.3 is 15.3 Å². The summed E-state index contributed by atoms with van der Waals surface area (Å²) in [6.07, 6.45) is 16.7. The van der Waals surface area contributed by atoms with E-state index in [-0.39, 0.29) is 36.0 Å². The zero-order valence-corrected chi connectivity index (χ0v) is 19.9. The Hall–Kier alpha value is -0.100. The fraction of sp³-hybridized carbons (Fsp3) is 0.905. The fourth-order valence-corrected chi connectivity index (χ4v) is 3.06. The van der Waals surface area contributed by atoms with Crippen LogP contribution in [0.25, 0.3) is 0 Å². The second-order valence-corrected chi connectivity index (χ2v) is 7.39. The normalized spacial score (nSPS) is 13.8. The predicted octanol–water partition coefficient (Wildman–Crippen LogP) is 1.45. The van der Waals surface area contributed by atoms with E-state index in [4.69, 9.17) is 5.11 Å². The van der Waals surface area contributed by atoms with E-state index in [2.05, 4.69) is 11.9 Å². The van der Waals surface area contributed by atoms with Gasteiger partial charge in [-0.05, 0) is 25.7 Å². The number of carboxylic acid groups (broad SMARTS) is 1. The van der Waals surface area contributed by atoms with Crippen molar-refractivity contribution in [2.24, 2.45) is 4.99 Å². The first-order chi connectivity index (χ1) is 12.5. The third-order valence-electron chi connectivity index (χ3n) is 4.74. The molecule has 0 amide bonds. The molecule has 0 heterocycles. The van der Waals surface area contributed by atoms with Crippen LogP contribution in [0.2, 0.25) is 0 Å². The van der Waals surface area contributed by atoms with Crippen LogP contribution >= 0.6 is 0 Å². The van der Waals surface area contributed by atoms with Crippen LogP contribution < -0.4 is 34.7 Å². The molecule has 6 heteroatoms. The van der Waals surface area contributed by atoms with Crippen molar-refractivity contribution in [2.45, 2.75) is 122 Å². The van der Waals surface area contributed by atoms with E-state index < -0.39 is 24.0 Å². The van der Waals surface area contributed by atoms with E-state index in [1.165, 1.54) is 77.6 Å². The van der Waals surface area contributed by atoms with E-state index in [0.717, 1.165) is 19.3 Å². The van der Waals surface area contributed by atoms with Crippen LogP contribution in [-0.2, 0) is 4.79 Å². The summed E-state index contributed by atoms with van der Waals surface area (Å²) in [5.74, 6) is -1.67. The van der Waals surface area contributed by atoms with E-state index in [1.54, 1.807) is 0 Å². The molecule has 0 aliphatic heterocycles. The monoisotopic (exact) mass is 393 g/mol. The van der Waals surface area contributed by atoms with Crippen LogP contribution in [0.3, 0.4) is 0 Å². The third kappa shape index (κ3) is 19.0. The van der Waals surface area contributed by atoms with Crippen molar-refractivity contribution in [3.8, 4) is 0 Å². The maximum absolute atomic E-state index is 11.6. The first-order valence-electron chi connectivity index (χ1n) is 10.6. The summed E-state index contributed by atoms with van der Waals surface area (Å²) >= 11 is 0. The summed E-state index contributed by atoms with van der Waals surface area (Å²) in [6, 6.07) is -1.34. The number of carboxylic acids is 1. The van der Waals surface area contributed by atoms with Crippen molar-refractivity contribution < 1.29 is 49.7 Å². The number of hydrogen-bond acceptors (Lipinski definition) is 4. The van der Waals surface area contributed by atoms with Crippen molar-refractivity contribution in [1.82, 2.24) is 0 Å². The molecule has 0 bridgehead atoms. The van der Waals surface area contributed by atoms with Gasteiger partial charge in [-0.15, -0.1) is 0 Å². The summed E-state index contributed by atoms with van der Waals surface area (Å²) < 4.78 is 0. The van der Waals surface area contributed by atoms with Crippen molar-refractivity contribution in [3.63, 3.8) is 0 Å². The molecule has 0 unspecified atom stereocenters. The van der Waals surface area contributed by atoms with Gasteiger partial charge in [0.15, 0.2) is 6.04 Å². The van der Waals surface area contributed by atoms with Gasteiger partial charge in [-0.2, -0.15) is 0 Å². The predicted molar refractivity (Wildman–Crippen MR) is 105 cm³/mol. The number of carbonyl (C=O) groups is 1. The van der Waals surface area contributed by atoms with Gasteiger partial charge in [0.2, 0.25) is 0 Å². The smallest absolute Gasteiger partial charge is 0.862 e. The van der Waals surface area contributed by atoms with Gasteiger partial charge in [0.05, 0.1) is 6.10 Å². The second kappa shape index (κ2) is 20.6. The largest absolute Gasteiger partial charge is 1.00 e. The number of aliphatic imine (C=N–C) groups is 1. The Morgan fingerprint density at radius 3 is 1.56 bits per heavy atom. The van der Waals surface area contributed by atoms with Gasteiger partial charge in [-0.3, -0.25) is 4.99 Å². The fourth-order valence-electron chi connectivity index (χ4n) is 3.06. The molecule has 0 saturated heterocycles. The van der Waals surface area contributed by atoms with Crippen LogP contribution in [0.15, 0.2) is 4.99 Å². The summed E-state index contributed by atoms with van der Waals surface area (Å²) in [5.41, 5.74) is 0. The Bertz CT molecular complexity index is 375. The quantitative estimate of drug-likeness (QED) is 0.160. The molecule has 0 aromatic heterocycles. The molecule has 0 aromatic rings. The minimum absolute atomic E-state index is 0. The van der Waals surface area contributed by atoms with Crippen molar-refractivity contribution in [3.05, 3.63) is 0 Å². The topological polar surface area (TPSA) is 93.0 Å². The summed E-state index contributed by atoms with van der Waals surface area (Å²) in [7, 11) is 0. The minimum atomic E-state index is -1.34. The maximum atomic E-state index is 11.6. The molecule has 0 rings (SSSR count). The van der Waals surface area contributed by atoms with Gasteiger partial charge in [0.1, 0.15) is 0 Å². The Morgan fingerprint density at radius 2 is 1.22 bits per heavy atom. The Labute approximate surface area is 188 Å². The third-order valence-corrected chi connectivity index (χ3v) is 4.74. The molecule has 0 saturated carbocycles. The molecule has 0 fully saturated rings. The van der Waals surface area contributed by atoms with Crippen molar-refractivity contribution in [2.75, 3.05) is 0 Å². The molecule has 2 N–H and O–H groups in total. The van der Waals surface area contributed by atoms with E-state index in [1.807, 2.05) is 0 Å². The molecule has 0 radical (unpaired) electrons.